The van der Waals surface area contributed by atoms with Gasteiger partial charge in [0.15, 0.2) is 6.04 Å². The Bertz CT molecular complexity index is 292. The average Bonchev–Trinajstić information content (AvgIpc) is 2.30. The fourth-order valence-corrected chi connectivity index (χ4v) is 1.98. The van der Waals surface area contributed by atoms with Crippen LogP contribution >= 0.6 is 0 Å². The SMILES string of the molecule is CC(C)C(CCN)CCC(=O)NC(C(=O)O)C(C)O. The number of hydrogen-bond donors (Lipinski definition) is 4. The van der Waals surface area contributed by atoms with Crippen molar-refractivity contribution >= 4 is 11.9 Å². The number of carboxylic acid groups (broad SMARTS) is 1. The van der Waals surface area contributed by atoms with Gasteiger partial charge in [-0.2, -0.15) is 0 Å². The van der Waals surface area contributed by atoms with E-state index in [0.717, 1.165) is 6.42 Å². The lowest BCUT2D eigenvalue weighted by atomic mass is 9.88. The number of nitrogens with two attached hydrogens (primary N) is 1. The number of aliphatic hydroxyl groups excluding tert-OH is 1. The quantitative estimate of drug-likeness (QED) is 0.484. The van der Waals surface area contributed by atoms with E-state index < -0.39 is 18.1 Å². The lowest BCUT2D eigenvalue weighted by molar-refractivity contribution is -0.144. The Kier molecular flexibility index (Phi) is 8.34. The van der Waals surface area contributed by atoms with Gasteiger partial charge in [0, 0.05) is 6.42 Å². The summed E-state index contributed by atoms with van der Waals surface area (Å²) in [5.41, 5.74) is 5.52. The molecule has 0 aromatic carbocycles. The van der Waals surface area contributed by atoms with Crippen molar-refractivity contribution in [3.8, 4) is 0 Å². The van der Waals surface area contributed by atoms with E-state index in [-0.39, 0.29) is 12.3 Å². The Morgan fingerprint density at radius 3 is 2.16 bits per heavy atom. The molecule has 6 nitrogen and oxygen atoms in total. The molecule has 6 heteroatoms. The third-order valence-corrected chi connectivity index (χ3v) is 3.29. The highest BCUT2D eigenvalue weighted by Gasteiger charge is 2.25. The van der Waals surface area contributed by atoms with Gasteiger partial charge in [-0.25, -0.2) is 4.79 Å². The first-order chi connectivity index (χ1) is 8.79. The van der Waals surface area contributed by atoms with E-state index in [0.29, 0.717) is 24.8 Å². The van der Waals surface area contributed by atoms with E-state index in [2.05, 4.69) is 19.2 Å². The van der Waals surface area contributed by atoms with Crippen LogP contribution in [0.1, 0.15) is 40.0 Å². The Morgan fingerprint density at radius 1 is 1.21 bits per heavy atom. The van der Waals surface area contributed by atoms with Crippen LogP contribution in [-0.2, 0) is 9.59 Å². The van der Waals surface area contributed by atoms with Gasteiger partial charge < -0.3 is 21.3 Å². The molecule has 0 bridgehead atoms. The van der Waals surface area contributed by atoms with E-state index in [9.17, 15) is 14.7 Å². The minimum atomic E-state index is -1.25. The van der Waals surface area contributed by atoms with E-state index in [1.807, 2.05) is 0 Å². The maximum atomic E-state index is 11.7. The van der Waals surface area contributed by atoms with Crippen molar-refractivity contribution in [1.82, 2.24) is 5.32 Å². The number of aliphatic hydroxyl groups is 1. The topological polar surface area (TPSA) is 113 Å². The predicted octanol–water partition coefficient (Wildman–Crippen LogP) is 0.338. The third-order valence-electron chi connectivity index (χ3n) is 3.29. The number of carboxylic acids is 1. The van der Waals surface area contributed by atoms with E-state index in [1.165, 1.54) is 6.92 Å². The number of rotatable bonds is 9. The first-order valence-electron chi connectivity index (χ1n) is 6.69. The summed E-state index contributed by atoms with van der Waals surface area (Å²) in [4.78, 5) is 22.5. The molecule has 0 aromatic rings. The van der Waals surface area contributed by atoms with E-state index in [4.69, 9.17) is 10.8 Å². The standard InChI is InChI=1S/C13H26N2O4/c1-8(2)10(6-7-14)4-5-11(17)15-12(9(3)16)13(18)19/h8-10,12,16H,4-7,14H2,1-3H3,(H,15,17)(H,18,19). The van der Waals surface area contributed by atoms with E-state index >= 15 is 0 Å². The molecule has 112 valence electrons. The largest absolute Gasteiger partial charge is 0.480 e. The van der Waals surface area contributed by atoms with Crippen molar-refractivity contribution in [2.24, 2.45) is 17.6 Å². The molecule has 0 radical (unpaired) electrons. The first-order valence-corrected chi connectivity index (χ1v) is 6.69. The minimum Gasteiger partial charge on any atom is -0.480 e. The first kappa shape index (κ1) is 17.9. The van der Waals surface area contributed by atoms with Gasteiger partial charge >= 0.3 is 5.97 Å². The monoisotopic (exact) mass is 274 g/mol. The van der Waals surface area contributed by atoms with Crippen LogP contribution in [0.25, 0.3) is 0 Å². The number of nitrogens with one attached hydrogen (secondary N) is 1. The van der Waals surface area contributed by atoms with Gasteiger partial charge in [-0.15, -0.1) is 0 Å². The second-order valence-electron chi connectivity index (χ2n) is 5.24. The van der Waals surface area contributed by atoms with E-state index in [1.54, 1.807) is 0 Å². The fraction of sp³-hybridized carbons (Fsp3) is 0.846. The van der Waals surface area contributed by atoms with Crippen molar-refractivity contribution < 1.29 is 19.8 Å². The molecule has 0 aliphatic heterocycles. The smallest absolute Gasteiger partial charge is 0.328 e. The summed E-state index contributed by atoms with van der Waals surface area (Å²) >= 11 is 0. The lowest BCUT2D eigenvalue weighted by Crippen LogP contribution is -2.47. The summed E-state index contributed by atoms with van der Waals surface area (Å²) in [7, 11) is 0. The van der Waals surface area contributed by atoms with Crippen LogP contribution in [0.2, 0.25) is 0 Å². The average molecular weight is 274 g/mol. The van der Waals surface area contributed by atoms with Gasteiger partial charge in [0.2, 0.25) is 5.91 Å². The van der Waals surface area contributed by atoms with Crippen LogP contribution in [0.4, 0.5) is 0 Å². The summed E-state index contributed by atoms with van der Waals surface area (Å²) in [5.74, 6) is -0.796. The van der Waals surface area contributed by atoms with Crippen LogP contribution in [0, 0.1) is 11.8 Å². The van der Waals surface area contributed by atoms with Gasteiger partial charge in [-0.05, 0) is 38.1 Å². The van der Waals surface area contributed by atoms with Crippen LogP contribution in [0.3, 0.4) is 0 Å². The van der Waals surface area contributed by atoms with Crippen LogP contribution in [0.15, 0.2) is 0 Å². The minimum absolute atomic E-state index is 0.249. The number of carbonyl (C=O) groups excluding carboxylic acids is 1. The molecule has 1 amide bonds. The van der Waals surface area contributed by atoms with Gasteiger partial charge in [0.1, 0.15) is 0 Å². The zero-order valence-electron chi connectivity index (χ0n) is 11.9. The molecular weight excluding hydrogens is 248 g/mol. The number of amides is 1. The second kappa shape index (κ2) is 8.87. The van der Waals surface area contributed by atoms with Crippen molar-refractivity contribution in [1.29, 1.82) is 0 Å². The molecule has 5 N–H and O–H groups in total. The maximum Gasteiger partial charge on any atom is 0.328 e. The van der Waals surface area contributed by atoms with Crippen molar-refractivity contribution in [2.75, 3.05) is 6.54 Å². The normalized spacial score (nSPS) is 15.9. The number of hydrogen-bond acceptors (Lipinski definition) is 4. The third kappa shape index (κ3) is 7.12. The Morgan fingerprint density at radius 2 is 1.79 bits per heavy atom. The molecule has 3 atom stereocenters. The molecule has 19 heavy (non-hydrogen) atoms. The number of aliphatic carboxylic acids is 1. The molecule has 0 rings (SSSR count). The molecule has 0 aliphatic rings. The van der Waals surface area contributed by atoms with Crippen molar-refractivity contribution in [2.45, 2.75) is 52.2 Å². The number of carbonyl (C=O) groups is 2. The van der Waals surface area contributed by atoms with Crippen molar-refractivity contribution in [3.63, 3.8) is 0 Å². The Labute approximate surface area is 114 Å². The highest BCUT2D eigenvalue weighted by molar-refractivity contribution is 5.83. The zero-order chi connectivity index (χ0) is 15.0. The summed E-state index contributed by atoms with van der Waals surface area (Å²) in [5, 5.41) is 20.5. The summed E-state index contributed by atoms with van der Waals surface area (Å²) in [6.07, 6.45) is 0.655. The molecule has 0 saturated heterocycles. The Hall–Kier alpha value is -1.14. The highest BCUT2D eigenvalue weighted by Crippen LogP contribution is 2.20. The molecule has 3 unspecified atom stereocenters. The molecule has 0 aromatic heterocycles. The van der Waals surface area contributed by atoms with Crippen molar-refractivity contribution in [3.05, 3.63) is 0 Å². The Balaban J connectivity index is 4.26. The van der Waals surface area contributed by atoms with Crippen LogP contribution in [-0.4, -0.2) is 40.8 Å². The summed E-state index contributed by atoms with van der Waals surface area (Å²) in [6.45, 7) is 6.07. The van der Waals surface area contributed by atoms with Gasteiger partial charge in [-0.3, -0.25) is 4.79 Å². The molecular formula is C13H26N2O4. The molecule has 0 spiro atoms. The molecule has 0 saturated carbocycles. The fourth-order valence-electron chi connectivity index (χ4n) is 1.98. The molecule has 0 heterocycles. The lowest BCUT2D eigenvalue weighted by Gasteiger charge is -2.21. The maximum absolute atomic E-state index is 11.7. The van der Waals surface area contributed by atoms with Gasteiger partial charge in [0.25, 0.3) is 0 Å². The molecule has 0 aliphatic carbocycles. The van der Waals surface area contributed by atoms with Crippen LogP contribution < -0.4 is 11.1 Å². The predicted molar refractivity (Wildman–Crippen MR) is 72.5 cm³/mol. The zero-order valence-corrected chi connectivity index (χ0v) is 11.9. The van der Waals surface area contributed by atoms with Crippen LogP contribution in [0.5, 0.6) is 0 Å². The van der Waals surface area contributed by atoms with Gasteiger partial charge in [-0.1, -0.05) is 13.8 Å². The highest BCUT2D eigenvalue weighted by atomic mass is 16.4. The van der Waals surface area contributed by atoms with Gasteiger partial charge in [0.05, 0.1) is 6.10 Å². The summed E-state index contributed by atoms with van der Waals surface area (Å²) in [6, 6.07) is -1.25. The summed E-state index contributed by atoms with van der Waals surface area (Å²) < 4.78 is 0. The molecule has 0 fully saturated rings. The second-order valence-corrected chi connectivity index (χ2v) is 5.24.